The fourth-order valence-corrected chi connectivity index (χ4v) is 5.21. The highest BCUT2D eigenvalue weighted by atomic mass is 16.6. The van der Waals surface area contributed by atoms with Gasteiger partial charge in [-0.1, -0.05) is 84.0 Å². The Morgan fingerprint density at radius 1 is 0.927 bits per heavy atom. The molecule has 0 spiro atoms. The lowest BCUT2D eigenvalue weighted by Crippen LogP contribution is -2.68. The van der Waals surface area contributed by atoms with Gasteiger partial charge in [-0.25, -0.2) is 0 Å². The van der Waals surface area contributed by atoms with Crippen molar-refractivity contribution >= 4 is 11.8 Å². The number of nitrogens with zero attached hydrogens (tertiary/aromatic N) is 1. The second-order valence-electron chi connectivity index (χ2n) is 11.9. The summed E-state index contributed by atoms with van der Waals surface area (Å²) in [6.07, 6.45) is 9.29. The molecule has 6 atom stereocenters. The van der Waals surface area contributed by atoms with Gasteiger partial charge in [0, 0.05) is 19.4 Å². The Morgan fingerprint density at radius 3 is 1.98 bits per heavy atom. The molecule has 1 fully saturated rings. The molecule has 1 heterocycles. The summed E-state index contributed by atoms with van der Waals surface area (Å²) < 4.78 is 5.54. The third kappa shape index (κ3) is 15.1. The molecule has 0 aromatic rings. The molecule has 1 saturated heterocycles. The molecule has 2 amide bonds. The number of rotatable bonds is 23. The van der Waals surface area contributed by atoms with Gasteiger partial charge in [0.2, 0.25) is 11.7 Å². The first kappa shape index (κ1) is 37.7. The average molecular weight is 590 g/mol. The number of hydrogen-bond acceptors (Lipinski definition) is 9. The van der Waals surface area contributed by atoms with Gasteiger partial charge in [0.25, 0.3) is 5.91 Å². The topological polar surface area (TPSA) is 172 Å². The third-order valence-electron chi connectivity index (χ3n) is 7.76. The summed E-state index contributed by atoms with van der Waals surface area (Å²) in [6, 6.07) is -1.19. The largest absolute Gasteiger partial charge is 0.394 e. The Balaban J connectivity index is 2.49. The highest BCUT2D eigenvalue weighted by molar-refractivity contribution is 5.83. The minimum atomic E-state index is -2.48. The summed E-state index contributed by atoms with van der Waals surface area (Å²) in [5.41, 5.74) is 0. The molecule has 0 aliphatic carbocycles. The fraction of sp³-hybridized carbons (Fsp3) is 0.933. The third-order valence-corrected chi connectivity index (χ3v) is 7.76. The van der Waals surface area contributed by atoms with Crippen molar-refractivity contribution in [3.63, 3.8) is 0 Å². The molecule has 1 aliphatic rings. The quantitative estimate of drug-likeness (QED) is 0.0874. The number of aliphatic hydroxyl groups excluding tert-OH is 4. The second-order valence-corrected chi connectivity index (χ2v) is 11.9. The minimum absolute atomic E-state index is 0.211. The number of carbonyl (C=O) groups excluding carboxylic acids is 2. The van der Waals surface area contributed by atoms with Crippen molar-refractivity contribution in [1.29, 1.82) is 0 Å². The van der Waals surface area contributed by atoms with E-state index in [1.807, 2.05) is 19.0 Å². The zero-order chi connectivity index (χ0) is 30.7. The predicted molar refractivity (Wildman–Crippen MR) is 158 cm³/mol. The first-order valence-corrected chi connectivity index (χ1v) is 15.8. The summed E-state index contributed by atoms with van der Waals surface area (Å²) in [5.74, 6) is -3.73. The van der Waals surface area contributed by atoms with E-state index in [-0.39, 0.29) is 18.9 Å². The van der Waals surface area contributed by atoms with Crippen LogP contribution in [0.25, 0.3) is 0 Å². The highest BCUT2D eigenvalue weighted by Gasteiger charge is 2.53. The fourth-order valence-electron chi connectivity index (χ4n) is 5.21. The van der Waals surface area contributed by atoms with E-state index in [0.29, 0.717) is 19.4 Å². The maximum atomic E-state index is 12.7. The van der Waals surface area contributed by atoms with Crippen LogP contribution in [-0.2, 0) is 14.3 Å². The van der Waals surface area contributed by atoms with E-state index in [2.05, 4.69) is 17.6 Å². The van der Waals surface area contributed by atoms with Crippen LogP contribution in [0.2, 0.25) is 0 Å². The number of ether oxygens (including phenoxy) is 1. The highest BCUT2D eigenvalue weighted by Crippen LogP contribution is 2.31. The van der Waals surface area contributed by atoms with E-state index in [9.17, 15) is 35.1 Å². The van der Waals surface area contributed by atoms with Gasteiger partial charge in [0.15, 0.2) is 0 Å². The summed E-state index contributed by atoms with van der Waals surface area (Å²) in [5, 5.41) is 56.9. The van der Waals surface area contributed by atoms with Crippen LogP contribution in [0.4, 0.5) is 0 Å². The summed E-state index contributed by atoms with van der Waals surface area (Å²) in [6.45, 7) is 2.38. The van der Waals surface area contributed by atoms with E-state index >= 15 is 0 Å². The van der Waals surface area contributed by atoms with Crippen molar-refractivity contribution < 1.29 is 39.9 Å². The lowest BCUT2D eigenvalue weighted by Gasteiger charge is -2.45. The SMILES string of the molecule is CCCCCCCCCCCCCCCC(=O)N[C@H]1[C@H]([C@H](O)[C@H](O)CO)O[C@](O)(C(=O)NCCCN(C)C)C[C@@H]1O. The molecule has 0 saturated carbocycles. The molecule has 1 rings (SSSR count). The van der Waals surface area contributed by atoms with Crippen molar-refractivity contribution in [2.75, 3.05) is 33.8 Å². The predicted octanol–water partition coefficient (Wildman–Crippen LogP) is 1.57. The van der Waals surface area contributed by atoms with Crippen molar-refractivity contribution in [3.8, 4) is 0 Å². The smallest absolute Gasteiger partial charge is 0.280 e. The van der Waals surface area contributed by atoms with Crippen molar-refractivity contribution in [1.82, 2.24) is 15.5 Å². The van der Waals surface area contributed by atoms with E-state index in [0.717, 1.165) is 19.3 Å². The maximum Gasteiger partial charge on any atom is 0.280 e. The van der Waals surface area contributed by atoms with Gasteiger partial charge in [-0.3, -0.25) is 9.59 Å². The molecule has 11 nitrogen and oxygen atoms in total. The summed E-state index contributed by atoms with van der Waals surface area (Å²) in [4.78, 5) is 27.3. The molecule has 0 aromatic carbocycles. The Bertz CT molecular complexity index is 713. The molecule has 1 aliphatic heterocycles. The zero-order valence-electron chi connectivity index (χ0n) is 25.7. The number of hydrogen-bond donors (Lipinski definition) is 7. The van der Waals surface area contributed by atoms with E-state index in [1.54, 1.807) is 0 Å². The van der Waals surface area contributed by atoms with Gasteiger partial charge in [-0.15, -0.1) is 0 Å². The van der Waals surface area contributed by atoms with Gasteiger partial charge in [-0.05, 0) is 33.5 Å². The Kier molecular flexibility index (Phi) is 19.6. The van der Waals surface area contributed by atoms with Crippen LogP contribution in [0.3, 0.4) is 0 Å². The minimum Gasteiger partial charge on any atom is -0.394 e. The van der Waals surface area contributed by atoms with Crippen LogP contribution in [0.5, 0.6) is 0 Å². The first-order chi connectivity index (χ1) is 19.6. The van der Waals surface area contributed by atoms with Crippen LogP contribution in [-0.4, -0.2) is 112 Å². The first-order valence-electron chi connectivity index (χ1n) is 15.8. The monoisotopic (exact) mass is 589 g/mol. The summed E-state index contributed by atoms with van der Waals surface area (Å²) >= 11 is 0. The molecular formula is C30H59N3O8. The number of aliphatic hydroxyl groups is 5. The average Bonchev–Trinajstić information content (AvgIpc) is 2.93. The van der Waals surface area contributed by atoms with Crippen LogP contribution in [0.15, 0.2) is 0 Å². The van der Waals surface area contributed by atoms with Crippen LogP contribution in [0, 0.1) is 0 Å². The Morgan fingerprint density at radius 2 is 1.46 bits per heavy atom. The maximum absolute atomic E-state index is 12.7. The van der Waals surface area contributed by atoms with Crippen LogP contribution in [0.1, 0.15) is 110 Å². The molecule has 242 valence electrons. The lowest BCUT2D eigenvalue weighted by molar-refractivity contribution is -0.287. The van der Waals surface area contributed by atoms with E-state index in [4.69, 9.17) is 4.74 Å². The molecule has 0 unspecified atom stereocenters. The van der Waals surface area contributed by atoms with Gasteiger partial charge in [0.1, 0.15) is 18.3 Å². The number of carbonyl (C=O) groups is 2. The van der Waals surface area contributed by atoms with Gasteiger partial charge in [-0.2, -0.15) is 0 Å². The lowest BCUT2D eigenvalue weighted by atomic mass is 9.88. The van der Waals surface area contributed by atoms with Crippen molar-refractivity contribution in [2.45, 2.75) is 146 Å². The molecule has 0 radical (unpaired) electrons. The van der Waals surface area contributed by atoms with Crippen LogP contribution >= 0.6 is 0 Å². The van der Waals surface area contributed by atoms with E-state index in [1.165, 1.54) is 57.8 Å². The van der Waals surface area contributed by atoms with Gasteiger partial charge in [0.05, 0.1) is 18.8 Å². The zero-order valence-corrected chi connectivity index (χ0v) is 25.7. The number of nitrogens with one attached hydrogen (secondary N) is 2. The van der Waals surface area contributed by atoms with E-state index < -0.39 is 55.2 Å². The molecule has 0 bridgehead atoms. The summed E-state index contributed by atoms with van der Waals surface area (Å²) in [7, 11) is 3.78. The number of unbranched alkanes of at least 4 members (excludes halogenated alkanes) is 12. The standard InChI is InChI=1S/C30H59N3O8/c1-4-5-6-7-8-9-10-11-12-13-14-15-16-18-25(37)32-26-23(35)21-30(40,29(39)31-19-17-20-33(2)3)41-28(26)27(38)24(36)22-34/h23-24,26-28,34-36,38,40H,4-22H2,1-3H3,(H,31,39)(H,32,37)/t23-,24+,26+,27+,28+,30-/m0/s1. The second kappa shape index (κ2) is 21.4. The molecule has 41 heavy (non-hydrogen) atoms. The van der Waals surface area contributed by atoms with Crippen LogP contribution < -0.4 is 10.6 Å². The molecule has 0 aromatic heterocycles. The van der Waals surface area contributed by atoms with Gasteiger partial charge < -0.3 is 45.8 Å². The van der Waals surface area contributed by atoms with Gasteiger partial charge >= 0.3 is 0 Å². The molecule has 11 heteroatoms. The molecular weight excluding hydrogens is 530 g/mol. The normalized spacial score (nSPS) is 24.3. The van der Waals surface area contributed by atoms with Crippen molar-refractivity contribution in [2.24, 2.45) is 0 Å². The number of amides is 2. The van der Waals surface area contributed by atoms with Crippen molar-refractivity contribution in [3.05, 3.63) is 0 Å². The Labute approximate surface area is 247 Å². The Hall–Kier alpha value is -1.34. The molecule has 7 N–H and O–H groups in total.